The molecule has 2 aromatic carbocycles. The van der Waals surface area contributed by atoms with E-state index in [1.165, 1.54) is 0 Å². The maximum atomic E-state index is 12.6. The number of hydrogen-bond acceptors (Lipinski definition) is 5. The maximum absolute atomic E-state index is 12.6. The molecule has 0 bridgehead atoms. The predicted octanol–water partition coefficient (Wildman–Crippen LogP) is 5.30. The van der Waals surface area contributed by atoms with Crippen molar-refractivity contribution in [2.75, 3.05) is 13.1 Å². The molecular weight excluding hydrogens is 472 g/mol. The molecule has 2 aromatic rings. The number of ether oxygens (including phenoxy) is 2. The lowest BCUT2D eigenvalue weighted by Crippen LogP contribution is -2.45. The molecule has 0 aliphatic carbocycles. The van der Waals surface area contributed by atoms with Gasteiger partial charge in [-0.1, -0.05) is 46.3 Å². The summed E-state index contributed by atoms with van der Waals surface area (Å²) in [5.41, 5.74) is 2.04. The Morgan fingerprint density at radius 3 is 2.41 bits per heavy atom. The molecule has 1 amide bonds. The average Bonchev–Trinajstić information content (AvgIpc) is 2.72. The van der Waals surface area contributed by atoms with E-state index in [1.807, 2.05) is 63.2 Å². The number of benzene rings is 2. The Labute approximate surface area is 198 Å². The van der Waals surface area contributed by atoms with Gasteiger partial charge in [0.15, 0.2) is 0 Å². The Morgan fingerprint density at radius 2 is 1.75 bits per heavy atom. The second kappa shape index (κ2) is 11.0. The summed E-state index contributed by atoms with van der Waals surface area (Å²) in [6.45, 7) is 8.29. The molecule has 1 aliphatic heterocycles. The summed E-state index contributed by atoms with van der Waals surface area (Å²) in [5, 5.41) is 2.96. The molecule has 0 unspecified atom stereocenters. The van der Waals surface area contributed by atoms with E-state index in [1.54, 1.807) is 6.07 Å². The zero-order valence-electron chi connectivity index (χ0n) is 18.9. The Morgan fingerprint density at radius 1 is 1.06 bits per heavy atom. The molecule has 0 radical (unpaired) electrons. The highest BCUT2D eigenvalue weighted by Gasteiger charge is 2.24. The number of hydrogen-bond donors (Lipinski definition) is 1. The summed E-state index contributed by atoms with van der Waals surface area (Å²) in [4.78, 5) is 26.9. The summed E-state index contributed by atoms with van der Waals surface area (Å²) in [6.07, 6.45) is 1.36. The maximum Gasteiger partial charge on any atom is 0.407 e. The minimum atomic E-state index is -0.495. The van der Waals surface area contributed by atoms with Crippen LogP contribution in [0.1, 0.15) is 55.1 Å². The lowest BCUT2D eigenvalue weighted by molar-refractivity contribution is 0.0466. The van der Waals surface area contributed by atoms with Crippen LogP contribution in [0.5, 0.6) is 0 Å². The van der Waals surface area contributed by atoms with E-state index >= 15 is 0 Å². The van der Waals surface area contributed by atoms with Crippen molar-refractivity contribution in [1.82, 2.24) is 10.2 Å². The number of nitrogens with one attached hydrogen (secondary N) is 1. The normalized spacial score (nSPS) is 15.2. The molecule has 172 valence electrons. The van der Waals surface area contributed by atoms with Crippen LogP contribution >= 0.6 is 15.9 Å². The highest BCUT2D eigenvalue weighted by Crippen LogP contribution is 2.21. The zero-order chi connectivity index (χ0) is 23.1. The SMILES string of the molecule is CC(C)(C)OC(=O)NC1CCN(Cc2cc(Br)cc(C(=O)OCc3ccccc3)c2)CC1. The van der Waals surface area contributed by atoms with Gasteiger partial charge in [0.05, 0.1) is 5.56 Å². The molecular formula is C25H31BrN2O4. The standard InChI is InChI=1S/C25H31BrN2O4/c1-25(2,3)32-24(30)27-22-9-11-28(12-10-22)16-19-13-20(15-21(26)14-19)23(29)31-17-18-7-5-4-6-8-18/h4-8,13-15,22H,9-12,16-17H2,1-3H3,(H,27,30). The Hall–Kier alpha value is -2.38. The quantitative estimate of drug-likeness (QED) is 0.543. The number of carbonyl (C=O) groups is 2. The lowest BCUT2D eigenvalue weighted by Gasteiger charge is -2.33. The van der Waals surface area contributed by atoms with Crippen molar-refractivity contribution < 1.29 is 19.1 Å². The molecule has 7 heteroatoms. The van der Waals surface area contributed by atoms with Crippen molar-refractivity contribution in [1.29, 1.82) is 0 Å². The van der Waals surface area contributed by atoms with Gasteiger partial charge in [-0.2, -0.15) is 0 Å². The van der Waals surface area contributed by atoms with Gasteiger partial charge in [0.1, 0.15) is 12.2 Å². The monoisotopic (exact) mass is 502 g/mol. The predicted molar refractivity (Wildman–Crippen MR) is 127 cm³/mol. The van der Waals surface area contributed by atoms with Crippen LogP contribution in [0, 0.1) is 0 Å². The average molecular weight is 503 g/mol. The topological polar surface area (TPSA) is 67.9 Å². The molecule has 3 rings (SSSR count). The van der Waals surface area contributed by atoms with Crippen LogP contribution in [0.2, 0.25) is 0 Å². The van der Waals surface area contributed by atoms with Crippen molar-refractivity contribution >= 4 is 28.0 Å². The molecule has 0 aromatic heterocycles. The third-order valence-corrected chi connectivity index (χ3v) is 5.58. The van der Waals surface area contributed by atoms with Gasteiger partial charge in [0.2, 0.25) is 0 Å². The summed E-state index contributed by atoms with van der Waals surface area (Å²) in [7, 11) is 0. The van der Waals surface area contributed by atoms with Gasteiger partial charge < -0.3 is 14.8 Å². The number of likely N-dealkylation sites (tertiary alicyclic amines) is 1. The zero-order valence-corrected chi connectivity index (χ0v) is 20.5. The van der Waals surface area contributed by atoms with E-state index < -0.39 is 5.60 Å². The Balaban J connectivity index is 1.51. The van der Waals surface area contributed by atoms with Crippen LogP contribution in [0.3, 0.4) is 0 Å². The van der Waals surface area contributed by atoms with E-state index in [-0.39, 0.29) is 24.7 Å². The number of halogens is 1. The lowest BCUT2D eigenvalue weighted by atomic mass is 10.0. The minimum absolute atomic E-state index is 0.118. The number of carbonyl (C=O) groups excluding carboxylic acids is 2. The fourth-order valence-electron chi connectivity index (χ4n) is 3.63. The fourth-order valence-corrected chi connectivity index (χ4v) is 4.17. The van der Waals surface area contributed by atoms with Crippen molar-refractivity contribution in [2.45, 2.75) is 58.4 Å². The van der Waals surface area contributed by atoms with E-state index in [0.29, 0.717) is 5.56 Å². The van der Waals surface area contributed by atoms with Crippen molar-refractivity contribution in [2.24, 2.45) is 0 Å². The van der Waals surface area contributed by atoms with Crippen molar-refractivity contribution in [3.05, 3.63) is 69.7 Å². The number of nitrogens with zero attached hydrogens (tertiary/aromatic N) is 1. The summed E-state index contributed by atoms with van der Waals surface area (Å²) >= 11 is 3.52. The van der Waals surface area contributed by atoms with E-state index in [4.69, 9.17) is 9.47 Å². The van der Waals surface area contributed by atoms with Gasteiger partial charge in [-0.15, -0.1) is 0 Å². The van der Waals surface area contributed by atoms with Gasteiger partial charge in [-0.3, -0.25) is 4.90 Å². The third-order valence-electron chi connectivity index (χ3n) is 5.12. The molecule has 0 spiro atoms. The highest BCUT2D eigenvalue weighted by atomic mass is 79.9. The van der Waals surface area contributed by atoms with Crippen LogP contribution < -0.4 is 5.32 Å². The van der Waals surface area contributed by atoms with Gasteiger partial charge in [-0.05, 0) is 62.9 Å². The van der Waals surface area contributed by atoms with E-state index in [0.717, 1.165) is 48.1 Å². The van der Waals surface area contributed by atoms with E-state index in [2.05, 4.69) is 26.1 Å². The van der Waals surface area contributed by atoms with Crippen molar-refractivity contribution in [3.63, 3.8) is 0 Å². The first-order chi connectivity index (χ1) is 15.2. The largest absolute Gasteiger partial charge is 0.457 e. The molecule has 0 atom stereocenters. The second-order valence-electron chi connectivity index (χ2n) is 9.11. The van der Waals surface area contributed by atoms with Gasteiger partial charge in [0.25, 0.3) is 0 Å². The Bertz CT molecular complexity index is 919. The Kier molecular flexibility index (Phi) is 8.32. The minimum Gasteiger partial charge on any atom is -0.457 e. The van der Waals surface area contributed by atoms with Crippen LogP contribution in [-0.2, 0) is 22.6 Å². The molecule has 32 heavy (non-hydrogen) atoms. The molecule has 1 N–H and O–H groups in total. The summed E-state index contributed by atoms with van der Waals surface area (Å²) in [5.74, 6) is -0.336. The molecule has 1 saturated heterocycles. The number of rotatable bonds is 6. The van der Waals surface area contributed by atoms with Gasteiger partial charge in [0, 0.05) is 30.1 Å². The number of esters is 1. The van der Waals surface area contributed by atoms with Crippen LogP contribution in [0.25, 0.3) is 0 Å². The number of alkyl carbamates (subject to hydrolysis) is 1. The van der Waals surface area contributed by atoms with Gasteiger partial charge in [-0.25, -0.2) is 9.59 Å². The molecule has 1 heterocycles. The highest BCUT2D eigenvalue weighted by molar-refractivity contribution is 9.10. The molecule has 0 saturated carbocycles. The molecule has 6 nitrogen and oxygen atoms in total. The number of piperidine rings is 1. The summed E-state index contributed by atoms with van der Waals surface area (Å²) in [6, 6.07) is 15.5. The fraction of sp³-hybridized carbons (Fsp3) is 0.440. The first kappa shape index (κ1) is 24.3. The van der Waals surface area contributed by atoms with Gasteiger partial charge >= 0.3 is 12.1 Å². The van der Waals surface area contributed by atoms with Crippen LogP contribution in [0.4, 0.5) is 4.79 Å². The van der Waals surface area contributed by atoms with Crippen LogP contribution in [0.15, 0.2) is 53.0 Å². The smallest absolute Gasteiger partial charge is 0.407 e. The van der Waals surface area contributed by atoms with Crippen LogP contribution in [-0.4, -0.2) is 41.7 Å². The van der Waals surface area contributed by atoms with Crippen molar-refractivity contribution in [3.8, 4) is 0 Å². The molecule has 1 fully saturated rings. The first-order valence-electron chi connectivity index (χ1n) is 10.9. The summed E-state index contributed by atoms with van der Waals surface area (Å²) < 4.78 is 11.7. The third kappa shape index (κ3) is 7.95. The number of amides is 1. The first-order valence-corrected chi connectivity index (χ1v) is 11.7. The molecule has 1 aliphatic rings. The van der Waals surface area contributed by atoms with E-state index in [9.17, 15) is 9.59 Å². The second-order valence-corrected chi connectivity index (χ2v) is 10.0.